The van der Waals surface area contributed by atoms with Crippen LogP contribution in [0.3, 0.4) is 0 Å². The Bertz CT molecular complexity index is 746. The van der Waals surface area contributed by atoms with E-state index in [2.05, 4.69) is 22.2 Å². The largest absolute Gasteiger partial charge is 0.495 e. The lowest BCUT2D eigenvalue weighted by molar-refractivity contribution is -0.122. The molecule has 1 N–H and O–H groups in total. The fourth-order valence-electron chi connectivity index (χ4n) is 3.20. The van der Waals surface area contributed by atoms with Crippen molar-refractivity contribution < 1.29 is 9.53 Å². The molecule has 26 heavy (non-hydrogen) atoms. The van der Waals surface area contributed by atoms with Gasteiger partial charge in [-0.1, -0.05) is 41.9 Å². The first kappa shape index (κ1) is 18.7. The van der Waals surface area contributed by atoms with Crippen molar-refractivity contribution in [2.45, 2.75) is 6.04 Å². The molecule has 2 aromatic carbocycles. The number of halogens is 1. The van der Waals surface area contributed by atoms with Crippen LogP contribution in [0.15, 0.2) is 48.5 Å². The summed E-state index contributed by atoms with van der Waals surface area (Å²) in [5, 5.41) is 3.48. The first-order valence-electron chi connectivity index (χ1n) is 8.70. The molecule has 1 amide bonds. The van der Waals surface area contributed by atoms with Crippen molar-refractivity contribution in [3.05, 3.63) is 59.1 Å². The van der Waals surface area contributed by atoms with Crippen LogP contribution >= 0.6 is 11.6 Å². The van der Waals surface area contributed by atoms with Crippen LogP contribution < -0.4 is 10.1 Å². The van der Waals surface area contributed by atoms with Crippen molar-refractivity contribution in [3.63, 3.8) is 0 Å². The van der Waals surface area contributed by atoms with E-state index in [-0.39, 0.29) is 11.9 Å². The molecule has 2 aromatic rings. The molecule has 1 aliphatic rings. The number of anilines is 1. The molecule has 0 aliphatic carbocycles. The van der Waals surface area contributed by atoms with Crippen molar-refractivity contribution in [1.82, 2.24) is 9.80 Å². The number of amides is 1. The van der Waals surface area contributed by atoms with Gasteiger partial charge in [0.15, 0.2) is 0 Å². The van der Waals surface area contributed by atoms with Crippen molar-refractivity contribution >= 4 is 23.2 Å². The zero-order chi connectivity index (χ0) is 18.5. The number of carbonyl (C=O) groups is 1. The number of benzene rings is 2. The van der Waals surface area contributed by atoms with Gasteiger partial charge in [-0.2, -0.15) is 0 Å². The SMILES string of the molecule is COc1ccc(NC(=O)C(c2ccccc2)N2CCN(C)CC2)cc1Cl. The van der Waals surface area contributed by atoms with Gasteiger partial charge < -0.3 is 15.0 Å². The second-order valence-electron chi connectivity index (χ2n) is 6.49. The summed E-state index contributed by atoms with van der Waals surface area (Å²) in [5.41, 5.74) is 1.66. The zero-order valence-corrected chi connectivity index (χ0v) is 15.9. The van der Waals surface area contributed by atoms with Crippen molar-refractivity contribution in [1.29, 1.82) is 0 Å². The third-order valence-electron chi connectivity index (χ3n) is 4.69. The second-order valence-corrected chi connectivity index (χ2v) is 6.90. The zero-order valence-electron chi connectivity index (χ0n) is 15.1. The van der Waals surface area contributed by atoms with Gasteiger partial charge in [-0.3, -0.25) is 9.69 Å². The average molecular weight is 374 g/mol. The highest BCUT2D eigenvalue weighted by Crippen LogP contribution is 2.29. The van der Waals surface area contributed by atoms with Crippen molar-refractivity contribution in [2.24, 2.45) is 0 Å². The van der Waals surface area contributed by atoms with Gasteiger partial charge in [-0.05, 0) is 30.8 Å². The molecular formula is C20H24ClN3O2. The Morgan fingerprint density at radius 2 is 1.81 bits per heavy atom. The number of rotatable bonds is 5. The molecule has 1 saturated heterocycles. The Morgan fingerprint density at radius 3 is 2.42 bits per heavy atom. The van der Waals surface area contributed by atoms with Crippen molar-refractivity contribution in [3.8, 4) is 5.75 Å². The summed E-state index contributed by atoms with van der Waals surface area (Å²) >= 11 is 6.18. The highest BCUT2D eigenvalue weighted by molar-refractivity contribution is 6.32. The molecule has 1 atom stereocenters. The standard InChI is InChI=1S/C20H24ClN3O2/c1-23-10-12-24(13-11-23)19(15-6-4-3-5-7-15)20(25)22-16-8-9-18(26-2)17(21)14-16/h3-9,14,19H,10-13H2,1-2H3,(H,22,25). The quantitative estimate of drug-likeness (QED) is 0.873. The minimum absolute atomic E-state index is 0.0537. The van der Waals surface area contributed by atoms with E-state index in [9.17, 15) is 4.79 Å². The number of nitrogens with one attached hydrogen (secondary N) is 1. The number of carbonyl (C=O) groups excluding carboxylic acids is 1. The average Bonchev–Trinajstić information content (AvgIpc) is 2.65. The molecule has 0 radical (unpaired) electrons. The number of hydrogen-bond donors (Lipinski definition) is 1. The molecule has 1 fully saturated rings. The molecule has 3 rings (SSSR count). The Kier molecular flexibility index (Phi) is 6.14. The van der Waals surface area contributed by atoms with Gasteiger partial charge in [0.25, 0.3) is 0 Å². The third kappa shape index (κ3) is 4.36. The normalized spacial score (nSPS) is 16.9. The third-order valence-corrected chi connectivity index (χ3v) is 4.98. The van der Waals surface area contributed by atoms with Crippen LogP contribution in [-0.2, 0) is 4.79 Å². The number of methoxy groups -OCH3 is 1. The molecule has 5 nitrogen and oxygen atoms in total. The van der Waals surface area contributed by atoms with E-state index in [1.807, 2.05) is 30.3 Å². The Morgan fingerprint density at radius 1 is 1.12 bits per heavy atom. The molecule has 1 unspecified atom stereocenters. The Labute approximate surface area is 159 Å². The van der Waals surface area contributed by atoms with Crippen LogP contribution in [0.5, 0.6) is 5.75 Å². The molecule has 0 bridgehead atoms. The predicted molar refractivity (Wildman–Crippen MR) is 105 cm³/mol. The van der Waals surface area contributed by atoms with E-state index >= 15 is 0 Å². The van der Waals surface area contributed by atoms with E-state index < -0.39 is 0 Å². The van der Waals surface area contributed by atoms with Crippen LogP contribution in [0.25, 0.3) is 0 Å². The molecule has 0 aromatic heterocycles. The Balaban J connectivity index is 1.82. The number of piperazine rings is 1. The maximum atomic E-state index is 13.1. The topological polar surface area (TPSA) is 44.8 Å². The fraction of sp³-hybridized carbons (Fsp3) is 0.350. The van der Waals surface area contributed by atoms with Crippen LogP contribution in [0.2, 0.25) is 5.02 Å². The molecule has 138 valence electrons. The lowest BCUT2D eigenvalue weighted by atomic mass is 10.0. The van der Waals surface area contributed by atoms with E-state index in [1.165, 1.54) is 0 Å². The first-order chi connectivity index (χ1) is 12.6. The smallest absolute Gasteiger partial charge is 0.246 e. The summed E-state index contributed by atoms with van der Waals surface area (Å²) in [4.78, 5) is 17.6. The second kappa shape index (κ2) is 8.54. The van der Waals surface area contributed by atoms with Crippen LogP contribution in [-0.4, -0.2) is 56.0 Å². The minimum Gasteiger partial charge on any atom is -0.495 e. The summed E-state index contributed by atoms with van der Waals surface area (Å²) < 4.78 is 5.17. The van der Waals surface area contributed by atoms with Crippen LogP contribution in [0.1, 0.15) is 11.6 Å². The van der Waals surface area contributed by atoms with Gasteiger partial charge in [0.2, 0.25) is 5.91 Å². The van der Waals surface area contributed by atoms with Crippen LogP contribution in [0.4, 0.5) is 5.69 Å². The molecule has 0 spiro atoms. The van der Waals surface area contributed by atoms with Crippen molar-refractivity contribution in [2.75, 3.05) is 45.7 Å². The van der Waals surface area contributed by atoms with Gasteiger partial charge in [0.05, 0.1) is 12.1 Å². The monoisotopic (exact) mass is 373 g/mol. The molecule has 0 saturated carbocycles. The number of ether oxygens (including phenoxy) is 1. The highest BCUT2D eigenvalue weighted by atomic mass is 35.5. The summed E-state index contributed by atoms with van der Waals surface area (Å²) in [6.07, 6.45) is 0. The maximum Gasteiger partial charge on any atom is 0.246 e. The highest BCUT2D eigenvalue weighted by Gasteiger charge is 2.29. The predicted octanol–water partition coefficient (Wildman–Crippen LogP) is 3.28. The molecule has 1 heterocycles. The van der Waals surface area contributed by atoms with E-state index in [4.69, 9.17) is 16.3 Å². The molecule has 6 heteroatoms. The molecule has 1 aliphatic heterocycles. The Hall–Kier alpha value is -2.08. The lowest BCUT2D eigenvalue weighted by Gasteiger charge is -2.37. The van der Waals surface area contributed by atoms with E-state index in [0.717, 1.165) is 31.7 Å². The van der Waals surface area contributed by atoms with E-state index in [0.29, 0.717) is 16.5 Å². The van der Waals surface area contributed by atoms with Gasteiger partial charge in [0.1, 0.15) is 11.8 Å². The summed E-state index contributed by atoms with van der Waals surface area (Å²) in [5.74, 6) is 0.533. The number of hydrogen-bond acceptors (Lipinski definition) is 4. The fourth-order valence-corrected chi connectivity index (χ4v) is 3.46. The minimum atomic E-state index is -0.328. The lowest BCUT2D eigenvalue weighted by Crippen LogP contribution is -2.48. The summed E-state index contributed by atoms with van der Waals surface area (Å²) in [6.45, 7) is 3.61. The number of likely N-dealkylation sites (N-methyl/N-ethyl adjacent to an activating group) is 1. The number of nitrogens with zero attached hydrogens (tertiary/aromatic N) is 2. The first-order valence-corrected chi connectivity index (χ1v) is 9.08. The van der Waals surface area contributed by atoms with E-state index in [1.54, 1.807) is 25.3 Å². The van der Waals surface area contributed by atoms with Crippen LogP contribution in [0, 0.1) is 0 Å². The van der Waals surface area contributed by atoms with Gasteiger partial charge in [-0.15, -0.1) is 0 Å². The maximum absolute atomic E-state index is 13.1. The molecular weight excluding hydrogens is 350 g/mol. The summed E-state index contributed by atoms with van der Waals surface area (Å²) in [6, 6.07) is 14.8. The summed E-state index contributed by atoms with van der Waals surface area (Å²) in [7, 11) is 3.67. The van der Waals surface area contributed by atoms with Gasteiger partial charge >= 0.3 is 0 Å². The van der Waals surface area contributed by atoms with Gasteiger partial charge in [-0.25, -0.2) is 0 Å². The van der Waals surface area contributed by atoms with Gasteiger partial charge in [0, 0.05) is 31.9 Å².